The third-order valence-electron chi connectivity index (χ3n) is 3.34. The smallest absolute Gasteiger partial charge is 0.324 e. The van der Waals surface area contributed by atoms with Crippen molar-refractivity contribution in [2.45, 2.75) is 19.4 Å². The molecule has 1 heterocycles. The summed E-state index contributed by atoms with van der Waals surface area (Å²) in [6, 6.07) is 5.22. The summed E-state index contributed by atoms with van der Waals surface area (Å²) in [6.45, 7) is 2.36. The molecule has 1 aliphatic heterocycles. The summed E-state index contributed by atoms with van der Waals surface area (Å²) in [7, 11) is 1.64. The molecule has 0 spiro atoms. The minimum absolute atomic E-state index is 0.0335. The zero-order valence-corrected chi connectivity index (χ0v) is 12.3. The molecule has 1 unspecified atom stereocenters. The second-order valence-corrected chi connectivity index (χ2v) is 5.54. The fraction of sp³-hybridized carbons (Fsp3) is 0.385. The Bertz CT molecular complexity index is 533. The molecule has 6 heteroatoms. The highest BCUT2D eigenvalue weighted by molar-refractivity contribution is 9.10. The van der Waals surface area contributed by atoms with Gasteiger partial charge in [-0.2, -0.15) is 0 Å². The molecule has 0 saturated carbocycles. The third-order valence-corrected chi connectivity index (χ3v) is 4.23. The lowest BCUT2D eigenvalue weighted by Crippen LogP contribution is -2.32. The van der Waals surface area contributed by atoms with Crippen LogP contribution in [0.4, 0.5) is 10.5 Å². The van der Waals surface area contributed by atoms with E-state index in [1.54, 1.807) is 11.9 Å². The number of amides is 2. The average Bonchev–Trinajstić information content (AvgIpc) is 2.60. The molecular formula is C13H15BrN2O3. The molecule has 0 aromatic heterocycles. The highest BCUT2D eigenvalue weighted by Crippen LogP contribution is 2.27. The molecule has 0 bridgehead atoms. The summed E-state index contributed by atoms with van der Waals surface area (Å²) < 4.78 is 0.985. The van der Waals surface area contributed by atoms with Crippen LogP contribution in [0.15, 0.2) is 22.7 Å². The molecule has 2 rings (SSSR count). The molecular weight excluding hydrogens is 312 g/mol. The van der Waals surface area contributed by atoms with Crippen LogP contribution >= 0.6 is 15.9 Å². The number of anilines is 1. The molecule has 1 fully saturated rings. The Morgan fingerprint density at radius 2 is 2.21 bits per heavy atom. The van der Waals surface area contributed by atoms with Gasteiger partial charge in [-0.3, -0.25) is 9.69 Å². The fourth-order valence-corrected chi connectivity index (χ4v) is 2.42. The lowest BCUT2D eigenvalue weighted by atomic mass is 10.2. The normalized spacial score (nSPS) is 19.1. The van der Waals surface area contributed by atoms with E-state index in [1.165, 1.54) is 4.90 Å². The Kier molecular flexibility index (Phi) is 3.80. The van der Waals surface area contributed by atoms with Crippen molar-refractivity contribution in [3.63, 3.8) is 0 Å². The molecule has 2 amide bonds. The van der Waals surface area contributed by atoms with Crippen LogP contribution in [0.5, 0.6) is 0 Å². The fourth-order valence-electron chi connectivity index (χ4n) is 2.17. The third kappa shape index (κ3) is 2.73. The number of hydrogen-bond donors (Lipinski definition) is 1. The molecule has 19 heavy (non-hydrogen) atoms. The molecule has 1 aromatic rings. The van der Waals surface area contributed by atoms with Crippen molar-refractivity contribution in [1.29, 1.82) is 0 Å². The van der Waals surface area contributed by atoms with Crippen molar-refractivity contribution >= 4 is 33.6 Å². The molecule has 1 aliphatic rings. The highest BCUT2D eigenvalue weighted by Gasteiger charge is 2.36. The number of hydrogen-bond acceptors (Lipinski definition) is 2. The number of aryl methyl sites for hydroxylation is 1. The van der Waals surface area contributed by atoms with Crippen LogP contribution in [-0.2, 0) is 4.79 Å². The van der Waals surface area contributed by atoms with E-state index in [9.17, 15) is 9.59 Å². The first-order chi connectivity index (χ1) is 8.90. The van der Waals surface area contributed by atoms with Gasteiger partial charge >= 0.3 is 12.0 Å². The SMILES string of the molecule is Cc1cc(N2CC(CC(=O)O)N(C)C2=O)ccc1Br. The van der Waals surface area contributed by atoms with Crippen molar-refractivity contribution in [1.82, 2.24) is 4.90 Å². The van der Waals surface area contributed by atoms with Gasteiger partial charge in [0.1, 0.15) is 0 Å². The topological polar surface area (TPSA) is 60.9 Å². The van der Waals surface area contributed by atoms with Gasteiger partial charge in [0.15, 0.2) is 0 Å². The molecule has 5 nitrogen and oxygen atoms in total. The molecule has 1 N–H and O–H groups in total. The number of rotatable bonds is 3. The van der Waals surface area contributed by atoms with Gasteiger partial charge in [0, 0.05) is 23.8 Å². The first-order valence-corrected chi connectivity index (χ1v) is 6.71. The first-order valence-electron chi connectivity index (χ1n) is 5.92. The Morgan fingerprint density at radius 3 is 2.79 bits per heavy atom. The number of likely N-dealkylation sites (N-methyl/N-ethyl adjacent to an activating group) is 1. The van der Waals surface area contributed by atoms with Crippen molar-refractivity contribution in [3.8, 4) is 0 Å². The minimum atomic E-state index is -0.890. The van der Waals surface area contributed by atoms with Gasteiger partial charge in [-0.15, -0.1) is 0 Å². The van der Waals surface area contributed by atoms with Gasteiger partial charge in [0.2, 0.25) is 0 Å². The molecule has 0 radical (unpaired) electrons. The number of nitrogens with zero attached hydrogens (tertiary/aromatic N) is 2. The molecule has 0 aliphatic carbocycles. The summed E-state index contributed by atoms with van der Waals surface area (Å²) in [4.78, 5) is 26.0. The highest BCUT2D eigenvalue weighted by atomic mass is 79.9. The van der Waals surface area contributed by atoms with Gasteiger partial charge in [0.05, 0.1) is 12.5 Å². The first kappa shape index (κ1) is 13.9. The van der Waals surface area contributed by atoms with Crippen LogP contribution in [0.25, 0.3) is 0 Å². The number of benzene rings is 1. The Morgan fingerprint density at radius 1 is 1.53 bits per heavy atom. The summed E-state index contributed by atoms with van der Waals surface area (Å²) in [5.41, 5.74) is 1.83. The summed E-state index contributed by atoms with van der Waals surface area (Å²) in [6.07, 6.45) is -0.0335. The van der Waals surface area contributed by atoms with Gasteiger partial charge in [-0.25, -0.2) is 4.79 Å². The van der Waals surface area contributed by atoms with E-state index in [1.807, 2.05) is 25.1 Å². The van der Waals surface area contributed by atoms with Crippen LogP contribution in [0, 0.1) is 6.92 Å². The number of aliphatic carboxylic acids is 1. The Balaban J connectivity index is 2.23. The Hall–Kier alpha value is -1.56. The molecule has 1 aromatic carbocycles. The van der Waals surface area contributed by atoms with Crippen molar-refractivity contribution in [3.05, 3.63) is 28.2 Å². The van der Waals surface area contributed by atoms with E-state index in [2.05, 4.69) is 15.9 Å². The van der Waals surface area contributed by atoms with E-state index in [0.29, 0.717) is 6.54 Å². The van der Waals surface area contributed by atoms with Crippen molar-refractivity contribution < 1.29 is 14.7 Å². The minimum Gasteiger partial charge on any atom is -0.481 e. The van der Waals surface area contributed by atoms with Crippen LogP contribution in [0.3, 0.4) is 0 Å². The van der Waals surface area contributed by atoms with E-state index >= 15 is 0 Å². The predicted octanol–water partition coefficient (Wildman–Crippen LogP) is 2.47. The van der Waals surface area contributed by atoms with Gasteiger partial charge < -0.3 is 10.0 Å². The van der Waals surface area contributed by atoms with Crippen molar-refractivity contribution in [2.75, 3.05) is 18.5 Å². The van der Waals surface area contributed by atoms with Crippen molar-refractivity contribution in [2.24, 2.45) is 0 Å². The quantitative estimate of drug-likeness (QED) is 0.928. The number of carboxylic acids is 1. The zero-order chi connectivity index (χ0) is 14.2. The monoisotopic (exact) mass is 326 g/mol. The second-order valence-electron chi connectivity index (χ2n) is 4.69. The maximum atomic E-state index is 12.1. The maximum absolute atomic E-state index is 12.1. The van der Waals surface area contributed by atoms with Gasteiger partial charge in [-0.1, -0.05) is 15.9 Å². The van der Waals surface area contributed by atoms with Crippen LogP contribution in [0.2, 0.25) is 0 Å². The number of carboxylic acid groups (broad SMARTS) is 1. The summed E-state index contributed by atoms with van der Waals surface area (Å²) >= 11 is 3.42. The molecule has 1 saturated heterocycles. The maximum Gasteiger partial charge on any atom is 0.324 e. The largest absolute Gasteiger partial charge is 0.481 e. The van der Waals surface area contributed by atoms with Gasteiger partial charge in [0.25, 0.3) is 0 Å². The average molecular weight is 327 g/mol. The summed E-state index contributed by atoms with van der Waals surface area (Å²) in [5, 5.41) is 8.85. The zero-order valence-electron chi connectivity index (χ0n) is 10.8. The van der Waals surface area contributed by atoms with Crippen LogP contribution in [-0.4, -0.2) is 41.6 Å². The molecule has 1 atom stereocenters. The van der Waals surface area contributed by atoms with Crippen LogP contribution in [0.1, 0.15) is 12.0 Å². The van der Waals surface area contributed by atoms with E-state index in [-0.39, 0.29) is 18.5 Å². The summed E-state index contributed by atoms with van der Waals surface area (Å²) in [5.74, 6) is -0.890. The molecule has 102 valence electrons. The lowest BCUT2D eigenvalue weighted by molar-refractivity contribution is -0.137. The van der Waals surface area contributed by atoms with E-state index in [4.69, 9.17) is 5.11 Å². The number of carbonyl (C=O) groups excluding carboxylic acids is 1. The Labute approximate surface area is 119 Å². The predicted molar refractivity (Wildman–Crippen MR) is 75.4 cm³/mol. The number of carbonyl (C=O) groups is 2. The van der Waals surface area contributed by atoms with E-state index in [0.717, 1.165) is 15.7 Å². The van der Waals surface area contributed by atoms with Gasteiger partial charge in [-0.05, 0) is 30.7 Å². The standard InChI is InChI=1S/C13H15BrN2O3/c1-8-5-9(3-4-11(8)14)16-7-10(6-12(17)18)15(2)13(16)19/h3-5,10H,6-7H2,1-2H3,(H,17,18). The number of urea groups is 1. The number of halogens is 1. The van der Waals surface area contributed by atoms with Crippen LogP contribution < -0.4 is 4.90 Å². The van der Waals surface area contributed by atoms with E-state index < -0.39 is 5.97 Å². The second kappa shape index (κ2) is 5.21. The lowest BCUT2D eigenvalue weighted by Gasteiger charge is -2.17.